The van der Waals surface area contributed by atoms with E-state index in [4.69, 9.17) is 0 Å². The van der Waals surface area contributed by atoms with E-state index in [0.717, 1.165) is 5.69 Å². The molecule has 0 radical (unpaired) electrons. The van der Waals surface area contributed by atoms with Gasteiger partial charge in [0.15, 0.2) is 0 Å². The number of aliphatic hydroxyl groups is 1. The predicted molar refractivity (Wildman–Crippen MR) is 83.1 cm³/mol. The van der Waals surface area contributed by atoms with Crippen LogP contribution in [0.15, 0.2) is 42.2 Å². The molecule has 3 rings (SSSR count). The molecule has 0 amide bonds. The predicted octanol–water partition coefficient (Wildman–Crippen LogP) is 3.95. The lowest BCUT2D eigenvalue weighted by atomic mass is 10.0. The molecule has 4 heteroatoms. The number of thiophene rings is 1. The van der Waals surface area contributed by atoms with E-state index in [1.807, 2.05) is 16.7 Å². The van der Waals surface area contributed by atoms with Gasteiger partial charge < -0.3 is 9.67 Å². The molecule has 104 valence electrons. The van der Waals surface area contributed by atoms with Crippen molar-refractivity contribution < 1.29 is 5.11 Å². The van der Waals surface area contributed by atoms with E-state index in [1.54, 1.807) is 23.9 Å². The highest BCUT2D eigenvalue weighted by atomic mass is 32.1. The zero-order chi connectivity index (χ0) is 14.1. The second-order valence-electron chi connectivity index (χ2n) is 5.30. The number of hydrogen-bond donors (Lipinski definition) is 1. The molecule has 0 saturated heterocycles. The minimum absolute atomic E-state index is 0.307. The van der Waals surface area contributed by atoms with Crippen LogP contribution >= 0.6 is 11.3 Å². The van der Waals surface area contributed by atoms with Gasteiger partial charge in [0.1, 0.15) is 0 Å². The SMILES string of the molecule is CC(C)n1cncc1C(O)Cc1csc2ccccc12. The first kappa shape index (κ1) is 13.3. The quantitative estimate of drug-likeness (QED) is 0.788. The summed E-state index contributed by atoms with van der Waals surface area (Å²) in [4.78, 5) is 4.16. The molecule has 0 aliphatic rings. The number of nitrogens with zero attached hydrogens (tertiary/aromatic N) is 2. The van der Waals surface area contributed by atoms with Gasteiger partial charge in [0.2, 0.25) is 0 Å². The molecule has 1 N–H and O–H groups in total. The summed E-state index contributed by atoms with van der Waals surface area (Å²) in [7, 11) is 0. The van der Waals surface area contributed by atoms with Crippen LogP contribution in [0.25, 0.3) is 10.1 Å². The number of rotatable bonds is 4. The molecule has 3 aromatic rings. The summed E-state index contributed by atoms with van der Waals surface area (Å²) in [6, 6.07) is 8.64. The largest absolute Gasteiger partial charge is 0.386 e. The second kappa shape index (κ2) is 5.38. The van der Waals surface area contributed by atoms with Gasteiger partial charge in [0, 0.05) is 17.2 Å². The Morgan fingerprint density at radius 1 is 1.30 bits per heavy atom. The summed E-state index contributed by atoms with van der Waals surface area (Å²) in [5, 5.41) is 13.9. The lowest BCUT2D eigenvalue weighted by Gasteiger charge is -2.16. The van der Waals surface area contributed by atoms with Crippen LogP contribution in [-0.2, 0) is 6.42 Å². The molecule has 0 aliphatic carbocycles. The molecule has 1 aromatic carbocycles. The fourth-order valence-corrected chi connectivity index (χ4v) is 3.48. The maximum absolute atomic E-state index is 10.5. The Morgan fingerprint density at radius 3 is 2.90 bits per heavy atom. The van der Waals surface area contributed by atoms with Crippen LogP contribution in [-0.4, -0.2) is 14.7 Å². The topological polar surface area (TPSA) is 38.0 Å². The molecule has 0 aliphatic heterocycles. The van der Waals surface area contributed by atoms with Crippen molar-refractivity contribution in [2.45, 2.75) is 32.4 Å². The molecule has 1 atom stereocenters. The Labute approximate surface area is 122 Å². The summed E-state index contributed by atoms with van der Waals surface area (Å²) >= 11 is 1.73. The summed E-state index contributed by atoms with van der Waals surface area (Å²) in [6.45, 7) is 4.19. The zero-order valence-electron chi connectivity index (χ0n) is 11.7. The van der Waals surface area contributed by atoms with Crippen LogP contribution in [0.1, 0.15) is 37.3 Å². The van der Waals surface area contributed by atoms with Crippen LogP contribution < -0.4 is 0 Å². The summed E-state index contributed by atoms with van der Waals surface area (Å²) < 4.78 is 3.30. The molecule has 0 spiro atoms. The summed E-state index contributed by atoms with van der Waals surface area (Å²) in [5.41, 5.74) is 2.09. The van der Waals surface area contributed by atoms with Gasteiger partial charge in [-0.1, -0.05) is 18.2 Å². The number of fused-ring (bicyclic) bond motifs is 1. The highest BCUT2D eigenvalue weighted by Gasteiger charge is 2.16. The number of imidazole rings is 1. The molecule has 1 unspecified atom stereocenters. The van der Waals surface area contributed by atoms with Crippen molar-refractivity contribution >= 4 is 21.4 Å². The monoisotopic (exact) mass is 286 g/mol. The van der Waals surface area contributed by atoms with Crippen molar-refractivity contribution in [3.05, 3.63) is 53.4 Å². The van der Waals surface area contributed by atoms with Crippen molar-refractivity contribution in [2.24, 2.45) is 0 Å². The minimum atomic E-state index is -0.516. The van der Waals surface area contributed by atoms with Gasteiger partial charge in [0.25, 0.3) is 0 Å². The summed E-state index contributed by atoms with van der Waals surface area (Å²) in [5.74, 6) is 0. The van der Waals surface area contributed by atoms with Gasteiger partial charge in [-0.15, -0.1) is 11.3 Å². The van der Waals surface area contributed by atoms with Crippen LogP contribution in [0.3, 0.4) is 0 Å². The third kappa shape index (κ3) is 2.37. The number of hydrogen-bond acceptors (Lipinski definition) is 3. The van der Waals surface area contributed by atoms with Crippen molar-refractivity contribution in [3.63, 3.8) is 0 Å². The van der Waals surface area contributed by atoms with Gasteiger partial charge in [0.05, 0.1) is 24.3 Å². The molecular weight excluding hydrogens is 268 g/mol. The van der Waals surface area contributed by atoms with E-state index >= 15 is 0 Å². The first-order valence-corrected chi connectivity index (χ1v) is 7.69. The molecule has 3 nitrogen and oxygen atoms in total. The molecule has 0 bridgehead atoms. The van der Waals surface area contributed by atoms with Gasteiger partial charge in [-0.25, -0.2) is 4.98 Å². The molecule has 0 fully saturated rings. The fourth-order valence-electron chi connectivity index (χ4n) is 2.51. The van der Waals surface area contributed by atoms with Crippen molar-refractivity contribution in [3.8, 4) is 0 Å². The Balaban J connectivity index is 1.89. The molecule has 2 aromatic heterocycles. The Bertz CT molecular complexity index is 714. The molecular formula is C16H18N2OS. The Morgan fingerprint density at radius 2 is 2.10 bits per heavy atom. The third-order valence-electron chi connectivity index (χ3n) is 3.57. The zero-order valence-corrected chi connectivity index (χ0v) is 12.5. The highest BCUT2D eigenvalue weighted by molar-refractivity contribution is 7.17. The van der Waals surface area contributed by atoms with Crippen LogP contribution in [0.5, 0.6) is 0 Å². The van der Waals surface area contributed by atoms with Gasteiger partial charge >= 0.3 is 0 Å². The summed E-state index contributed by atoms with van der Waals surface area (Å²) in [6.07, 6.45) is 3.66. The van der Waals surface area contributed by atoms with Crippen LogP contribution in [0, 0.1) is 0 Å². The average Bonchev–Trinajstić information content (AvgIpc) is 3.06. The van der Waals surface area contributed by atoms with E-state index < -0.39 is 6.10 Å². The van der Waals surface area contributed by atoms with Crippen molar-refractivity contribution in [1.29, 1.82) is 0 Å². The van der Waals surface area contributed by atoms with E-state index in [1.165, 1.54) is 15.6 Å². The Hall–Kier alpha value is -1.65. The maximum Gasteiger partial charge on any atom is 0.0996 e. The van der Waals surface area contributed by atoms with Gasteiger partial charge in [-0.05, 0) is 36.2 Å². The number of aliphatic hydroxyl groups excluding tert-OH is 1. The highest BCUT2D eigenvalue weighted by Crippen LogP contribution is 2.29. The van der Waals surface area contributed by atoms with E-state index in [2.05, 4.69) is 36.3 Å². The second-order valence-corrected chi connectivity index (χ2v) is 6.21. The van der Waals surface area contributed by atoms with Crippen molar-refractivity contribution in [1.82, 2.24) is 9.55 Å². The first-order chi connectivity index (χ1) is 9.66. The Kier molecular flexibility index (Phi) is 3.59. The molecule has 20 heavy (non-hydrogen) atoms. The van der Waals surface area contributed by atoms with Gasteiger partial charge in [-0.2, -0.15) is 0 Å². The van der Waals surface area contributed by atoms with Crippen molar-refractivity contribution in [2.75, 3.05) is 0 Å². The van der Waals surface area contributed by atoms with Gasteiger partial charge in [-0.3, -0.25) is 0 Å². The molecule has 2 heterocycles. The normalized spacial score (nSPS) is 13.2. The van der Waals surface area contributed by atoms with E-state index in [-0.39, 0.29) is 0 Å². The smallest absolute Gasteiger partial charge is 0.0996 e. The fraction of sp³-hybridized carbons (Fsp3) is 0.312. The number of benzene rings is 1. The van der Waals surface area contributed by atoms with Crippen LogP contribution in [0.2, 0.25) is 0 Å². The standard InChI is InChI=1S/C16H18N2OS/c1-11(2)18-10-17-8-14(18)15(19)7-12-9-20-16-6-4-3-5-13(12)16/h3-6,8-11,15,19H,7H2,1-2H3. The maximum atomic E-state index is 10.5. The lowest BCUT2D eigenvalue weighted by molar-refractivity contribution is 0.167. The first-order valence-electron chi connectivity index (χ1n) is 6.81. The minimum Gasteiger partial charge on any atom is -0.386 e. The van der Waals surface area contributed by atoms with E-state index in [9.17, 15) is 5.11 Å². The third-order valence-corrected chi connectivity index (χ3v) is 4.58. The molecule has 0 saturated carbocycles. The van der Waals surface area contributed by atoms with Crippen LogP contribution in [0.4, 0.5) is 0 Å². The van der Waals surface area contributed by atoms with E-state index in [0.29, 0.717) is 12.5 Å². The average molecular weight is 286 g/mol. The number of aromatic nitrogens is 2. The lowest BCUT2D eigenvalue weighted by Crippen LogP contribution is -2.10.